The van der Waals surface area contributed by atoms with Gasteiger partial charge in [-0.2, -0.15) is 5.10 Å². The fourth-order valence-electron chi connectivity index (χ4n) is 2.64. The van der Waals surface area contributed by atoms with E-state index in [0.29, 0.717) is 17.1 Å². The quantitative estimate of drug-likeness (QED) is 0.537. The van der Waals surface area contributed by atoms with Crippen LogP contribution in [0.25, 0.3) is 11.4 Å². The van der Waals surface area contributed by atoms with Crippen LogP contribution in [0.2, 0.25) is 0 Å². The average Bonchev–Trinajstić information content (AvgIpc) is 3.03. The third kappa shape index (κ3) is 4.64. The monoisotopic (exact) mass is 446 g/mol. The predicted octanol–water partition coefficient (Wildman–Crippen LogP) is 4.72. The molecule has 0 unspecified atom stereocenters. The van der Waals surface area contributed by atoms with Gasteiger partial charge < -0.3 is 10.1 Å². The molecule has 0 atom stereocenters. The van der Waals surface area contributed by atoms with E-state index in [2.05, 4.69) is 31.4 Å². The summed E-state index contributed by atoms with van der Waals surface area (Å²) in [6.45, 7) is 2.38. The Morgan fingerprint density at radius 1 is 1.30 bits per heavy atom. The van der Waals surface area contributed by atoms with E-state index in [0.717, 1.165) is 27.0 Å². The number of aromatic nitrogens is 3. The van der Waals surface area contributed by atoms with Crippen LogP contribution >= 0.6 is 28.1 Å². The minimum Gasteiger partial charge on any atom is -0.497 e. The first-order chi connectivity index (χ1) is 13.0. The smallest absolute Gasteiger partial charge is 0.226 e. The molecule has 2 N–H and O–H groups in total. The predicted molar refractivity (Wildman–Crippen MR) is 112 cm³/mol. The Bertz CT molecular complexity index is 1010. The van der Waals surface area contributed by atoms with Gasteiger partial charge >= 0.3 is 0 Å². The molecular weight excluding hydrogens is 428 g/mol. The molecule has 0 spiro atoms. The molecule has 3 aromatic rings. The summed E-state index contributed by atoms with van der Waals surface area (Å²) in [5.41, 5.74) is 2.69. The Balaban J connectivity index is 1.72. The van der Waals surface area contributed by atoms with E-state index in [4.69, 9.17) is 17.0 Å². The molecule has 0 saturated heterocycles. The van der Waals surface area contributed by atoms with Gasteiger partial charge in [0.2, 0.25) is 5.91 Å². The molecule has 3 rings (SSSR count). The molecule has 0 aliphatic rings. The van der Waals surface area contributed by atoms with Crippen LogP contribution in [0.5, 0.6) is 5.75 Å². The van der Waals surface area contributed by atoms with Gasteiger partial charge in [-0.3, -0.25) is 14.5 Å². The summed E-state index contributed by atoms with van der Waals surface area (Å²) in [6, 6.07) is 13.3. The topological polar surface area (TPSA) is 71.9 Å². The van der Waals surface area contributed by atoms with Gasteiger partial charge in [-0.15, -0.1) is 0 Å². The lowest BCUT2D eigenvalue weighted by atomic mass is 10.2. The Hall–Kier alpha value is -2.45. The fraction of sp³-hybridized carbons (Fsp3) is 0.211. The number of methoxy groups -OCH3 is 1. The summed E-state index contributed by atoms with van der Waals surface area (Å²) in [7, 11) is 1.62. The van der Waals surface area contributed by atoms with Gasteiger partial charge in [0.15, 0.2) is 10.6 Å². The SMILES string of the molecule is COc1ccc(-c2n[nH]c(=S)n2CCC(=O)Nc2cc(Br)ccc2C)cc1. The minimum absolute atomic E-state index is 0.0834. The molecule has 140 valence electrons. The summed E-state index contributed by atoms with van der Waals surface area (Å²) in [6.07, 6.45) is 0.281. The van der Waals surface area contributed by atoms with E-state index in [-0.39, 0.29) is 12.3 Å². The van der Waals surface area contributed by atoms with Crippen molar-refractivity contribution in [3.8, 4) is 17.1 Å². The molecule has 2 aromatic carbocycles. The number of ether oxygens (including phenoxy) is 1. The van der Waals surface area contributed by atoms with Gasteiger partial charge in [-0.1, -0.05) is 22.0 Å². The van der Waals surface area contributed by atoms with Crippen molar-refractivity contribution in [2.75, 3.05) is 12.4 Å². The minimum atomic E-state index is -0.0834. The normalized spacial score (nSPS) is 10.6. The first-order valence-corrected chi connectivity index (χ1v) is 9.53. The molecular formula is C19H19BrN4O2S. The van der Waals surface area contributed by atoms with Crippen LogP contribution in [0, 0.1) is 11.7 Å². The molecule has 8 heteroatoms. The summed E-state index contributed by atoms with van der Waals surface area (Å²) < 4.78 is 8.40. The zero-order chi connectivity index (χ0) is 19.4. The van der Waals surface area contributed by atoms with Crippen molar-refractivity contribution >= 4 is 39.7 Å². The number of rotatable bonds is 6. The van der Waals surface area contributed by atoms with Gasteiger partial charge in [0.05, 0.1) is 7.11 Å². The molecule has 0 fully saturated rings. The van der Waals surface area contributed by atoms with Crippen molar-refractivity contribution in [1.82, 2.24) is 14.8 Å². The zero-order valence-corrected chi connectivity index (χ0v) is 17.4. The maximum Gasteiger partial charge on any atom is 0.226 e. The molecule has 6 nitrogen and oxygen atoms in total. The van der Waals surface area contributed by atoms with Gasteiger partial charge in [0, 0.05) is 28.7 Å². The van der Waals surface area contributed by atoms with Gasteiger partial charge in [0.1, 0.15) is 5.75 Å². The number of carbonyl (C=O) groups is 1. The van der Waals surface area contributed by atoms with E-state index < -0.39 is 0 Å². The number of hydrogen-bond acceptors (Lipinski definition) is 4. The Morgan fingerprint density at radius 3 is 2.74 bits per heavy atom. The number of H-pyrrole nitrogens is 1. The summed E-state index contributed by atoms with van der Waals surface area (Å²) in [4.78, 5) is 12.4. The molecule has 0 aliphatic heterocycles. The molecule has 1 amide bonds. The number of carbonyl (C=O) groups excluding carboxylic acids is 1. The van der Waals surface area contributed by atoms with Crippen LogP contribution in [0.1, 0.15) is 12.0 Å². The first kappa shape index (κ1) is 19.3. The van der Waals surface area contributed by atoms with Crippen molar-refractivity contribution in [3.05, 3.63) is 57.3 Å². The van der Waals surface area contributed by atoms with Crippen molar-refractivity contribution in [1.29, 1.82) is 0 Å². The summed E-state index contributed by atoms with van der Waals surface area (Å²) >= 11 is 8.74. The second kappa shape index (κ2) is 8.49. The molecule has 0 aliphatic carbocycles. The lowest BCUT2D eigenvalue weighted by molar-refractivity contribution is -0.116. The highest BCUT2D eigenvalue weighted by Crippen LogP contribution is 2.22. The number of nitrogens with zero attached hydrogens (tertiary/aromatic N) is 2. The Kier molecular flexibility index (Phi) is 6.08. The highest BCUT2D eigenvalue weighted by Gasteiger charge is 2.12. The van der Waals surface area contributed by atoms with Crippen LogP contribution in [0.15, 0.2) is 46.9 Å². The molecule has 0 radical (unpaired) electrons. The number of hydrogen-bond donors (Lipinski definition) is 2. The van der Waals surface area contributed by atoms with Crippen molar-refractivity contribution in [3.63, 3.8) is 0 Å². The second-order valence-electron chi connectivity index (χ2n) is 5.99. The number of anilines is 1. The van der Waals surface area contributed by atoms with Crippen molar-refractivity contribution in [2.45, 2.75) is 19.9 Å². The van der Waals surface area contributed by atoms with Crippen molar-refractivity contribution in [2.24, 2.45) is 0 Å². The molecule has 1 heterocycles. The van der Waals surface area contributed by atoms with E-state index in [1.807, 2.05) is 54.0 Å². The summed E-state index contributed by atoms with van der Waals surface area (Å²) in [5.74, 6) is 1.37. The van der Waals surface area contributed by atoms with E-state index in [1.165, 1.54) is 0 Å². The number of aryl methyl sites for hydroxylation is 1. The van der Waals surface area contributed by atoms with Crippen molar-refractivity contribution < 1.29 is 9.53 Å². The Morgan fingerprint density at radius 2 is 2.04 bits per heavy atom. The van der Waals surface area contributed by atoms with E-state index >= 15 is 0 Å². The number of amides is 1. The van der Waals surface area contributed by atoms with Gasteiger partial charge in [-0.25, -0.2) is 0 Å². The maximum atomic E-state index is 12.4. The molecule has 0 saturated carbocycles. The third-order valence-electron chi connectivity index (χ3n) is 4.14. The van der Waals surface area contributed by atoms with Crippen LogP contribution in [-0.2, 0) is 11.3 Å². The summed E-state index contributed by atoms with van der Waals surface area (Å²) in [5, 5.41) is 10.0. The highest BCUT2D eigenvalue weighted by molar-refractivity contribution is 9.10. The lowest BCUT2D eigenvalue weighted by Gasteiger charge is -2.10. The fourth-order valence-corrected chi connectivity index (χ4v) is 3.23. The number of aromatic amines is 1. The third-order valence-corrected chi connectivity index (χ3v) is 4.95. The van der Waals surface area contributed by atoms with Gasteiger partial charge in [0.25, 0.3) is 0 Å². The van der Waals surface area contributed by atoms with E-state index in [9.17, 15) is 4.79 Å². The van der Waals surface area contributed by atoms with E-state index in [1.54, 1.807) is 7.11 Å². The van der Waals surface area contributed by atoms with Crippen LogP contribution in [-0.4, -0.2) is 27.8 Å². The average molecular weight is 447 g/mol. The van der Waals surface area contributed by atoms with Gasteiger partial charge in [-0.05, 0) is 61.1 Å². The molecule has 1 aromatic heterocycles. The zero-order valence-electron chi connectivity index (χ0n) is 15.0. The number of nitrogens with one attached hydrogen (secondary N) is 2. The molecule has 27 heavy (non-hydrogen) atoms. The maximum absolute atomic E-state index is 12.4. The Labute approximate surface area is 170 Å². The lowest BCUT2D eigenvalue weighted by Crippen LogP contribution is -2.15. The van der Waals surface area contributed by atoms with Crippen LogP contribution < -0.4 is 10.1 Å². The van der Waals surface area contributed by atoms with Crippen LogP contribution in [0.4, 0.5) is 5.69 Å². The van der Waals surface area contributed by atoms with Crippen LogP contribution in [0.3, 0.4) is 0 Å². The number of benzene rings is 2. The first-order valence-electron chi connectivity index (χ1n) is 8.33. The largest absolute Gasteiger partial charge is 0.497 e. The number of halogens is 1. The second-order valence-corrected chi connectivity index (χ2v) is 7.29. The molecule has 0 bridgehead atoms. The highest BCUT2D eigenvalue weighted by atomic mass is 79.9. The standard InChI is InChI=1S/C19H19BrN4O2S/c1-12-3-6-14(20)11-16(12)21-17(25)9-10-24-18(22-23-19(24)27)13-4-7-15(26-2)8-5-13/h3-8,11H,9-10H2,1-2H3,(H,21,25)(H,23,27).